The molecule has 12 heteroatoms. The maximum Gasteiger partial charge on any atom is 0.270 e. The molecule has 33 heavy (non-hydrogen) atoms. The van der Waals surface area contributed by atoms with E-state index in [4.69, 9.17) is 10.5 Å². The van der Waals surface area contributed by atoms with Gasteiger partial charge in [0.25, 0.3) is 5.69 Å². The predicted molar refractivity (Wildman–Crippen MR) is 121 cm³/mol. The zero-order chi connectivity index (χ0) is 23.6. The highest BCUT2D eigenvalue weighted by Gasteiger charge is 2.15. The van der Waals surface area contributed by atoms with Gasteiger partial charge in [-0.25, -0.2) is 9.97 Å². The molecule has 0 radical (unpaired) electrons. The number of rotatable bonds is 10. The molecule has 0 aliphatic rings. The van der Waals surface area contributed by atoms with Crippen LogP contribution in [0.15, 0.2) is 53.0 Å². The minimum Gasteiger partial charge on any atom is -0.382 e. The second kappa shape index (κ2) is 11.2. The number of ether oxygens (including phenoxy) is 1. The van der Waals surface area contributed by atoms with E-state index >= 15 is 0 Å². The summed E-state index contributed by atoms with van der Waals surface area (Å²) >= 11 is 0. The molecule has 0 saturated heterocycles. The van der Waals surface area contributed by atoms with Gasteiger partial charge in [-0.1, -0.05) is 0 Å². The summed E-state index contributed by atoms with van der Waals surface area (Å²) < 4.78 is 5.35. The van der Waals surface area contributed by atoms with Crippen LogP contribution in [0.1, 0.15) is 18.9 Å². The lowest BCUT2D eigenvalue weighted by Crippen LogP contribution is -2.09. The molecule has 0 atom stereocenters. The van der Waals surface area contributed by atoms with Gasteiger partial charge in [0.2, 0.25) is 0 Å². The molecular weight excluding hydrogens is 426 g/mol. The maximum absolute atomic E-state index is 11.0. The number of nitrogens with zero attached hydrogens (tertiary/aromatic N) is 7. The van der Waals surface area contributed by atoms with E-state index in [2.05, 4.69) is 30.5 Å². The minimum atomic E-state index is -0.588. The van der Waals surface area contributed by atoms with E-state index in [1.165, 1.54) is 12.1 Å². The van der Waals surface area contributed by atoms with Crippen molar-refractivity contribution in [2.24, 2.45) is 10.2 Å². The summed E-state index contributed by atoms with van der Waals surface area (Å²) in [6, 6.07) is 9.12. The molecule has 0 saturated carbocycles. The number of pyridine rings is 1. The molecule has 0 unspecified atom stereocenters. The Morgan fingerprint density at radius 3 is 2.73 bits per heavy atom. The lowest BCUT2D eigenvalue weighted by Gasteiger charge is -2.11. The van der Waals surface area contributed by atoms with E-state index in [1.807, 2.05) is 13.0 Å². The van der Waals surface area contributed by atoms with Gasteiger partial charge in [0.05, 0.1) is 10.5 Å². The quantitative estimate of drug-likeness (QED) is 0.200. The van der Waals surface area contributed by atoms with Gasteiger partial charge in [-0.3, -0.25) is 15.1 Å². The zero-order valence-electron chi connectivity index (χ0n) is 17.8. The van der Waals surface area contributed by atoms with Crippen LogP contribution in [0.4, 0.5) is 28.7 Å². The monoisotopic (exact) mass is 447 g/mol. The fourth-order valence-electron chi connectivity index (χ4n) is 2.77. The van der Waals surface area contributed by atoms with E-state index in [0.29, 0.717) is 31.4 Å². The summed E-state index contributed by atoms with van der Waals surface area (Å²) in [6.45, 7) is 3.66. The summed E-state index contributed by atoms with van der Waals surface area (Å²) in [5.41, 5.74) is 7.03. The van der Waals surface area contributed by atoms with Crippen molar-refractivity contribution < 1.29 is 9.66 Å². The number of azo groups is 1. The molecule has 12 nitrogen and oxygen atoms in total. The SMILES string of the molecule is CCOCCCNc1nc(-c2ccncc2)nc(N)c1N=Nc1ccc([N+](=O)[O-])cc1C#N. The fraction of sp³-hybridized carbons (Fsp3) is 0.238. The number of anilines is 2. The van der Waals surface area contributed by atoms with Crippen LogP contribution in [0.2, 0.25) is 0 Å². The first-order valence-corrected chi connectivity index (χ1v) is 10.0. The zero-order valence-corrected chi connectivity index (χ0v) is 17.8. The predicted octanol–water partition coefficient (Wildman–Crippen LogP) is 4.15. The van der Waals surface area contributed by atoms with E-state index in [1.54, 1.807) is 24.5 Å². The highest BCUT2D eigenvalue weighted by molar-refractivity contribution is 5.75. The number of non-ortho nitro benzene ring substituents is 1. The number of nitriles is 1. The van der Waals surface area contributed by atoms with Crippen LogP contribution in [0.5, 0.6) is 0 Å². The largest absolute Gasteiger partial charge is 0.382 e. The highest BCUT2D eigenvalue weighted by Crippen LogP contribution is 2.34. The Kier molecular flexibility index (Phi) is 7.87. The number of benzene rings is 1. The minimum absolute atomic E-state index is 0.00655. The fourth-order valence-corrected chi connectivity index (χ4v) is 2.77. The van der Waals surface area contributed by atoms with Crippen LogP contribution in [0.3, 0.4) is 0 Å². The van der Waals surface area contributed by atoms with Crippen LogP contribution in [-0.2, 0) is 4.74 Å². The van der Waals surface area contributed by atoms with Crippen LogP contribution in [-0.4, -0.2) is 39.6 Å². The van der Waals surface area contributed by atoms with Gasteiger partial charge < -0.3 is 15.8 Å². The van der Waals surface area contributed by atoms with Crippen molar-refractivity contribution in [3.63, 3.8) is 0 Å². The van der Waals surface area contributed by atoms with Gasteiger partial charge in [-0.15, -0.1) is 10.2 Å². The van der Waals surface area contributed by atoms with Crippen molar-refractivity contribution in [2.45, 2.75) is 13.3 Å². The summed E-state index contributed by atoms with van der Waals surface area (Å²) in [5.74, 6) is 0.817. The Morgan fingerprint density at radius 1 is 1.24 bits per heavy atom. The Bertz CT molecular complexity index is 1190. The molecule has 0 amide bonds. The van der Waals surface area contributed by atoms with Crippen molar-refractivity contribution in [3.8, 4) is 17.5 Å². The number of nitrogens with one attached hydrogen (secondary N) is 1. The van der Waals surface area contributed by atoms with Crippen molar-refractivity contribution in [1.29, 1.82) is 5.26 Å². The molecule has 0 aliphatic heterocycles. The lowest BCUT2D eigenvalue weighted by atomic mass is 10.2. The normalized spacial score (nSPS) is 10.8. The van der Waals surface area contributed by atoms with Gasteiger partial charge in [0.15, 0.2) is 23.1 Å². The average Bonchev–Trinajstić information content (AvgIpc) is 2.83. The third-order valence-corrected chi connectivity index (χ3v) is 4.38. The van der Waals surface area contributed by atoms with E-state index < -0.39 is 4.92 Å². The van der Waals surface area contributed by atoms with Crippen LogP contribution in [0.25, 0.3) is 11.4 Å². The number of nitro benzene ring substituents is 1. The van der Waals surface area contributed by atoms with E-state index in [0.717, 1.165) is 18.1 Å². The summed E-state index contributed by atoms with van der Waals surface area (Å²) in [4.78, 5) is 23.2. The smallest absolute Gasteiger partial charge is 0.270 e. The second-order valence-corrected chi connectivity index (χ2v) is 6.61. The lowest BCUT2D eigenvalue weighted by molar-refractivity contribution is -0.384. The Morgan fingerprint density at radius 2 is 2.03 bits per heavy atom. The second-order valence-electron chi connectivity index (χ2n) is 6.61. The topological polar surface area (TPSA) is 178 Å². The van der Waals surface area contributed by atoms with Gasteiger partial charge >= 0.3 is 0 Å². The number of aromatic nitrogens is 3. The first-order valence-electron chi connectivity index (χ1n) is 10.0. The number of nitrogen functional groups attached to an aromatic ring is 1. The Labute approximate surface area is 189 Å². The molecule has 3 N–H and O–H groups in total. The number of nitro groups is 1. The highest BCUT2D eigenvalue weighted by atomic mass is 16.6. The summed E-state index contributed by atoms with van der Waals surface area (Å²) in [6.07, 6.45) is 3.96. The molecular formula is C21H21N9O3. The van der Waals surface area contributed by atoms with Crippen molar-refractivity contribution in [1.82, 2.24) is 15.0 Å². The summed E-state index contributed by atoms with van der Waals surface area (Å²) in [5, 5.41) is 31.7. The number of nitrogens with two attached hydrogens (primary N) is 1. The van der Waals surface area contributed by atoms with E-state index in [-0.39, 0.29) is 28.4 Å². The standard InChI is InChI=1S/C21H21N9O3/c1-2-33-11-3-8-25-21-18(19(23)26-20(27-21)14-6-9-24-10-7-14)29-28-17-5-4-16(30(31)32)12-15(17)13-22/h4-7,9-10,12H,2-3,8,11H2,1H3,(H3,23,25,26,27). The molecule has 0 bridgehead atoms. The van der Waals surface area contributed by atoms with Crippen LogP contribution in [0, 0.1) is 21.4 Å². The third kappa shape index (κ3) is 6.02. The Balaban J connectivity index is 1.96. The molecule has 3 rings (SSSR count). The van der Waals surface area contributed by atoms with Crippen LogP contribution >= 0.6 is 0 Å². The third-order valence-electron chi connectivity index (χ3n) is 4.38. The molecule has 2 aromatic heterocycles. The maximum atomic E-state index is 11.0. The first-order chi connectivity index (χ1) is 16.0. The number of hydrogen-bond donors (Lipinski definition) is 2. The molecule has 0 spiro atoms. The van der Waals surface area contributed by atoms with Crippen molar-refractivity contribution in [2.75, 3.05) is 30.8 Å². The van der Waals surface area contributed by atoms with Gasteiger partial charge in [0.1, 0.15) is 11.8 Å². The summed E-state index contributed by atoms with van der Waals surface area (Å²) in [7, 11) is 0. The van der Waals surface area contributed by atoms with E-state index in [9.17, 15) is 15.4 Å². The molecule has 3 aromatic rings. The average molecular weight is 447 g/mol. The molecule has 0 aliphatic carbocycles. The van der Waals surface area contributed by atoms with Crippen LogP contribution < -0.4 is 11.1 Å². The van der Waals surface area contributed by atoms with Crippen molar-refractivity contribution >= 4 is 28.7 Å². The van der Waals surface area contributed by atoms with Crippen molar-refractivity contribution in [3.05, 3.63) is 58.4 Å². The molecule has 1 aromatic carbocycles. The van der Waals surface area contributed by atoms with Gasteiger partial charge in [-0.2, -0.15) is 5.26 Å². The Hall–Kier alpha value is -4.50. The number of hydrogen-bond acceptors (Lipinski definition) is 11. The molecule has 168 valence electrons. The first kappa shape index (κ1) is 23.2. The molecule has 2 heterocycles. The van der Waals surface area contributed by atoms with Gasteiger partial charge in [0, 0.05) is 49.8 Å². The van der Waals surface area contributed by atoms with Gasteiger partial charge in [-0.05, 0) is 31.5 Å². The molecule has 0 fully saturated rings.